The molecule has 0 radical (unpaired) electrons. The van der Waals surface area contributed by atoms with E-state index in [0.29, 0.717) is 18.7 Å². The van der Waals surface area contributed by atoms with Crippen molar-refractivity contribution in [3.8, 4) is 5.75 Å². The highest BCUT2D eigenvalue weighted by Crippen LogP contribution is 2.15. The van der Waals surface area contributed by atoms with Crippen LogP contribution in [0.1, 0.15) is 19.8 Å². The molecule has 1 aromatic carbocycles. The van der Waals surface area contributed by atoms with Crippen LogP contribution in [0.5, 0.6) is 5.75 Å². The third-order valence-corrected chi connectivity index (χ3v) is 4.57. The molecule has 4 nitrogen and oxygen atoms in total. The first kappa shape index (κ1) is 15.3. The van der Waals surface area contributed by atoms with Crippen LogP contribution in [0.15, 0.2) is 29.2 Å². The van der Waals surface area contributed by atoms with E-state index in [0.717, 1.165) is 6.42 Å². The first-order chi connectivity index (χ1) is 8.49. The van der Waals surface area contributed by atoms with Crippen LogP contribution < -0.4 is 9.46 Å². The van der Waals surface area contributed by atoms with Crippen LogP contribution in [-0.2, 0) is 10.0 Å². The number of ether oxygens (including phenoxy) is 1. The molecular formula is C12H18ClNO3S. The maximum absolute atomic E-state index is 11.9. The first-order valence-corrected chi connectivity index (χ1v) is 7.69. The van der Waals surface area contributed by atoms with Crippen molar-refractivity contribution in [3.63, 3.8) is 0 Å². The van der Waals surface area contributed by atoms with Crippen LogP contribution >= 0.6 is 11.6 Å². The monoisotopic (exact) mass is 291 g/mol. The normalized spacial score (nSPS) is 13.3. The summed E-state index contributed by atoms with van der Waals surface area (Å²) in [6.45, 7) is 2.31. The van der Waals surface area contributed by atoms with Crippen LogP contribution in [0.4, 0.5) is 0 Å². The van der Waals surface area contributed by atoms with E-state index >= 15 is 0 Å². The van der Waals surface area contributed by atoms with E-state index in [4.69, 9.17) is 16.3 Å². The molecule has 0 heterocycles. The average Bonchev–Trinajstić information content (AvgIpc) is 2.38. The fourth-order valence-electron chi connectivity index (χ4n) is 1.39. The Labute approximate surface area is 113 Å². The van der Waals surface area contributed by atoms with E-state index in [2.05, 4.69) is 4.72 Å². The maximum Gasteiger partial charge on any atom is 0.240 e. The van der Waals surface area contributed by atoms with Gasteiger partial charge in [-0.3, -0.25) is 0 Å². The van der Waals surface area contributed by atoms with Gasteiger partial charge in [-0.15, -0.1) is 11.6 Å². The van der Waals surface area contributed by atoms with Crippen molar-refractivity contribution in [2.45, 2.75) is 30.0 Å². The topological polar surface area (TPSA) is 55.4 Å². The van der Waals surface area contributed by atoms with Crippen molar-refractivity contribution in [2.75, 3.05) is 13.7 Å². The molecule has 0 amide bonds. The lowest BCUT2D eigenvalue weighted by Gasteiger charge is -2.09. The number of hydrogen-bond donors (Lipinski definition) is 1. The number of hydrogen-bond acceptors (Lipinski definition) is 3. The zero-order valence-electron chi connectivity index (χ0n) is 10.5. The summed E-state index contributed by atoms with van der Waals surface area (Å²) in [7, 11) is -1.92. The molecule has 1 rings (SSSR count). The smallest absolute Gasteiger partial charge is 0.240 e. The van der Waals surface area contributed by atoms with Gasteiger partial charge in [0.2, 0.25) is 10.0 Å². The van der Waals surface area contributed by atoms with Gasteiger partial charge in [0.05, 0.1) is 12.0 Å². The largest absolute Gasteiger partial charge is 0.497 e. The zero-order valence-corrected chi connectivity index (χ0v) is 12.1. The Morgan fingerprint density at radius 3 is 2.44 bits per heavy atom. The SMILES string of the molecule is CCC(Cl)CCNS(=O)(=O)c1ccc(OC)cc1. The molecule has 0 bridgehead atoms. The maximum atomic E-state index is 11.9. The van der Waals surface area contributed by atoms with Gasteiger partial charge < -0.3 is 4.74 Å². The molecule has 0 aliphatic carbocycles. The third-order valence-electron chi connectivity index (χ3n) is 2.56. The zero-order chi connectivity index (χ0) is 13.6. The number of rotatable bonds is 7. The molecule has 6 heteroatoms. The van der Waals surface area contributed by atoms with Crippen LogP contribution in [-0.4, -0.2) is 27.4 Å². The molecule has 0 saturated carbocycles. The van der Waals surface area contributed by atoms with Gasteiger partial charge in [-0.05, 0) is 37.1 Å². The highest BCUT2D eigenvalue weighted by atomic mass is 35.5. The average molecular weight is 292 g/mol. The predicted octanol–water partition coefficient (Wildman–Crippen LogP) is 2.38. The van der Waals surface area contributed by atoms with Gasteiger partial charge in [0, 0.05) is 11.9 Å². The lowest BCUT2D eigenvalue weighted by Crippen LogP contribution is -2.26. The number of halogens is 1. The lowest BCUT2D eigenvalue weighted by molar-refractivity contribution is 0.414. The van der Waals surface area contributed by atoms with Crippen molar-refractivity contribution < 1.29 is 13.2 Å². The Kier molecular flexibility index (Phi) is 5.91. The Morgan fingerprint density at radius 1 is 1.33 bits per heavy atom. The van der Waals surface area contributed by atoms with E-state index in [-0.39, 0.29) is 10.3 Å². The molecule has 0 aliphatic rings. The summed E-state index contributed by atoms with van der Waals surface area (Å²) in [5.41, 5.74) is 0. The van der Waals surface area contributed by atoms with Crippen LogP contribution in [0.3, 0.4) is 0 Å². The van der Waals surface area contributed by atoms with E-state index in [1.54, 1.807) is 12.1 Å². The minimum atomic E-state index is -3.45. The molecule has 0 saturated heterocycles. The molecule has 18 heavy (non-hydrogen) atoms. The van der Waals surface area contributed by atoms with Gasteiger partial charge in [-0.2, -0.15) is 0 Å². The van der Waals surface area contributed by atoms with E-state index in [9.17, 15) is 8.42 Å². The number of benzene rings is 1. The van der Waals surface area contributed by atoms with Crippen molar-refractivity contribution >= 4 is 21.6 Å². The summed E-state index contributed by atoms with van der Waals surface area (Å²) in [6.07, 6.45) is 1.44. The molecule has 1 atom stereocenters. The first-order valence-electron chi connectivity index (χ1n) is 5.77. The number of methoxy groups -OCH3 is 1. The van der Waals surface area contributed by atoms with Gasteiger partial charge in [0.1, 0.15) is 5.75 Å². The molecule has 102 valence electrons. The second-order valence-corrected chi connectivity index (χ2v) is 6.25. The van der Waals surface area contributed by atoms with Gasteiger partial charge in [0.15, 0.2) is 0 Å². The van der Waals surface area contributed by atoms with Crippen LogP contribution in [0.2, 0.25) is 0 Å². The third kappa shape index (κ3) is 4.48. The number of nitrogens with one attached hydrogen (secondary N) is 1. The summed E-state index contributed by atoms with van der Waals surface area (Å²) in [6, 6.07) is 6.26. The Bertz CT molecular complexity index is 459. The standard InChI is InChI=1S/C12H18ClNO3S/c1-3-10(13)8-9-14-18(15,16)12-6-4-11(17-2)5-7-12/h4-7,10,14H,3,8-9H2,1-2H3. The Balaban J connectivity index is 2.62. The van der Waals surface area contributed by atoms with Gasteiger partial charge >= 0.3 is 0 Å². The second-order valence-electron chi connectivity index (χ2n) is 3.87. The van der Waals surface area contributed by atoms with Crippen LogP contribution in [0.25, 0.3) is 0 Å². The molecule has 1 unspecified atom stereocenters. The van der Waals surface area contributed by atoms with Gasteiger partial charge in [0.25, 0.3) is 0 Å². The van der Waals surface area contributed by atoms with Gasteiger partial charge in [-0.1, -0.05) is 6.92 Å². The fraction of sp³-hybridized carbons (Fsp3) is 0.500. The summed E-state index contributed by atoms with van der Waals surface area (Å²) >= 11 is 5.93. The van der Waals surface area contributed by atoms with Crippen molar-refractivity contribution in [1.82, 2.24) is 4.72 Å². The number of alkyl halides is 1. The highest BCUT2D eigenvalue weighted by Gasteiger charge is 2.13. The highest BCUT2D eigenvalue weighted by molar-refractivity contribution is 7.89. The minimum Gasteiger partial charge on any atom is -0.497 e. The Morgan fingerprint density at radius 2 is 1.94 bits per heavy atom. The van der Waals surface area contributed by atoms with Crippen molar-refractivity contribution in [3.05, 3.63) is 24.3 Å². The lowest BCUT2D eigenvalue weighted by atomic mass is 10.2. The summed E-state index contributed by atoms with van der Waals surface area (Å²) < 4.78 is 31.3. The Hall–Kier alpha value is -0.780. The van der Waals surface area contributed by atoms with Crippen LogP contribution in [0, 0.1) is 0 Å². The fourth-order valence-corrected chi connectivity index (χ4v) is 2.55. The molecule has 0 fully saturated rings. The molecule has 1 aromatic rings. The molecule has 1 N–H and O–H groups in total. The minimum absolute atomic E-state index is 0.00330. The summed E-state index contributed by atoms with van der Waals surface area (Å²) in [5.74, 6) is 0.626. The second kappa shape index (κ2) is 6.97. The molecule has 0 aromatic heterocycles. The van der Waals surface area contributed by atoms with Crippen molar-refractivity contribution in [1.29, 1.82) is 0 Å². The summed E-state index contributed by atoms with van der Waals surface area (Å²) in [4.78, 5) is 0.228. The van der Waals surface area contributed by atoms with E-state index < -0.39 is 10.0 Å². The molecule has 0 aliphatic heterocycles. The summed E-state index contributed by atoms with van der Waals surface area (Å²) in [5, 5.41) is 0.00330. The number of sulfonamides is 1. The van der Waals surface area contributed by atoms with Gasteiger partial charge in [-0.25, -0.2) is 13.1 Å². The quantitative estimate of drug-likeness (QED) is 0.785. The molecule has 0 spiro atoms. The predicted molar refractivity (Wildman–Crippen MR) is 72.7 cm³/mol. The van der Waals surface area contributed by atoms with Crippen molar-refractivity contribution in [2.24, 2.45) is 0 Å². The van der Waals surface area contributed by atoms with E-state index in [1.807, 2.05) is 6.92 Å². The van der Waals surface area contributed by atoms with E-state index in [1.165, 1.54) is 19.2 Å². The molecular weight excluding hydrogens is 274 g/mol.